The Bertz CT molecular complexity index is 763. The highest BCUT2D eigenvalue weighted by Crippen LogP contribution is 2.22. The molecule has 0 bridgehead atoms. The summed E-state index contributed by atoms with van der Waals surface area (Å²) in [4.78, 5) is 13.6. The Morgan fingerprint density at radius 2 is 1.90 bits per heavy atom. The lowest BCUT2D eigenvalue weighted by molar-refractivity contribution is -0.118. The molecule has 3 rings (SSSR count). The van der Waals surface area contributed by atoms with Gasteiger partial charge >= 0.3 is 0 Å². The van der Waals surface area contributed by atoms with E-state index in [1.54, 1.807) is 24.3 Å². The van der Waals surface area contributed by atoms with Gasteiger partial charge in [-0.05, 0) is 56.0 Å². The zero-order valence-electron chi connectivity index (χ0n) is 16.8. The number of likely N-dealkylation sites (tertiary alicyclic amines) is 1. The molecule has 1 aromatic rings. The van der Waals surface area contributed by atoms with E-state index < -0.39 is 10.0 Å². The van der Waals surface area contributed by atoms with Gasteiger partial charge in [-0.15, -0.1) is 0 Å². The molecule has 1 amide bonds. The summed E-state index contributed by atoms with van der Waals surface area (Å²) in [6.45, 7) is 4.98. The van der Waals surface area contributed by atoms with Gasteiger partial charge in [0.25, 0.3) is 0 Å². The first-order valence-corrected chi connectivity index (χ1v) is 11.7. The van der Waals surface area contributed by atoms with E-state index in [0.29, 0.717) is 51.0 Å². The monoisotopic (exact) mass is 425 g/mol. The lowest BCUT2D eigenvalue weighted by atomic mass is 9.93. The van der Waals surface area contributed by atoms with Gasteiger partial charge in [-0.2, -0.15) is 4.31 Å². The lowest BCUT2D eigenvalue weighted by Gasteiger charge is -2.32. The van der Waals surface area contributed by atoms with Gasteiger partial charge in [-0.3, -0.25) is 9.69 Å². The molecule has 1 atom stereocenters. The van der Waals surface area contributed by atoms with Crippen molar-refractivity contribution in [1.82, 2.24) is 9.21 Å². The van der Waals surface area contributed by atoms with Crippen molar-refractivity contribution in [1.29, 1.82) is 0 Å². The third kappa shape index (κ3) is 6.40. The second-order valence-corrected chi connectivity index (χ2v) is 9.59. The van der Waals surface area contributed by atoms with Crippen LogP contribution in [0.1, 0.15) is 25.7 Å². The Morgan fingerprint density at radius 1 is 1.17 bits per heavy atom. The molecule has 2 fully saturated rings. The topological polar surface area (TPSA) is 102 Å². The van der Waals surface area contributed by atoms with Crippen molar-refractivity contribution >= 4 is 15.9 Å². The minimum Gasteiger partial charge on any atom is -0.492 e. The van der Waals surface area contributed by atoms with E-state index in [9.17, 15) is 13.2 Å². The van der Waals surface area contributed by atoms with Crippen molar-refractivity contribution in [3.05, 3.63) is 24.3 Å². The molecule has 2 saturated heterocycles. The maximum Gasteiger partial charge on any atom is 0.243 e. The smallest absolute Gasteiger partial charge is 0.243 e. The molecule has 0 saturated carbocycles. The first-order valence-electron chi connectivity index (χ1n) is 10.3. The first-order chi connectivity index (χ1) is 13.9. The van der Waals surface area contributed by atoms with Crippen LogP contribution in [0.3, 0.4) is 0 Å². The molecule has 2 aliphatic heterocycles. The van der Waals surface area contributed by atoms with Gasteiger partial charge < -0.3 is 15.2 Å². The molecule has 162 valence electrons. The number of hydrogen-bond acceptors (Lipinski definition) is 6. The Hall–Kier alpha value is -1.68. The SMILES string of the molecule is NC(=O)CCC1CCCN(CCOc2ccc(S(=O)(=O)N3CCOCC3)cc2)C1. The minimum atomic E-state index is -3.48. The molecule has 2 heterocycles. The number of nitrogens with zero attached hydrogens (tertiary/aromatic N) is 2. The van der Waals surface area contributed by atoms with Gasteiger partial charge in [0, 0.05) is 32.6 Å². The summed E-state index contributed by atoms with van der Waals surface area (Å²) in [5, 5.41) is 0. The van der Waals surface area contributed by atoms with Crippen LogP contribution in [0.5, 0.6) is 5.75 Å². The van der Waals surface area contributed by atoms with E-state index in [-0.39, 0.29) is 10.8 Å². The molecule has 8 nitrogen and oxygen atoms in total. The predicted octanol–water partition coefficient (Wildman–Crippen LogP) is 1.06. The number of primary amides is 1. The molecule has 0 radical (unpaired) electrons. The van der Waals surface area contributed by atoms with E-state index in [2.05, 4.69) is 4.90 Å². The molecule has 1 unspecified atom stereocenters. The Labute approximate surface area is 173 Å². The molecule has 2 aliphatic rings. The van der Waals surface area contributed by atoms with E-state index in [0.717, 1.165) is 38.9 Å². The number of nitrogens with two attached hydrogens (primary N) is 1. The van der Waals surface area contributed by atoms with Crippen LogP contribution in [0.2, 0.25) is 0 Å². The Kier molecular flexibility index (Phi) is 7.88. The van der Waals surface area contributed by atoms with Crippen molar-refractivity contribution in [3.63, 3.8) is 0 Å². The summed E-state index contributed by atoms with van der Waals surface area (Å²) in [6, 6.07) is 6.61. The fourth-order valence-corrected chi connectivity index (χ4v) is 5.28. The fraction of sp³-hybridized carbons (Fsp3) is 0.650. The van der Waals surface area contributed by atoms with Crippen LogP contribution in [-0.2, 0) is 19.6 Å². The number of carbonyl (C=O) groups is 1. The van der Waals surface area contributed by atoms with Crippen molar-refractivity contribution in [2.24, 2.45) is 11.7 Å². The van der Waals surface area contributed by atoms with Gasteiger partial charge in [-0.1, -0.05) is 0 Å². The number of piperidine rings is 1. The maximum atomic E-state index is 12.6. The van der Waals surface area contributed by atoms with Crippen molar-refractivity contribution in [3.8, 4) is 5.75 Å². The quantitative estimate of drug-likeness (QED) is 0.635. The van der Waals surface area contributed by atoms with Gasteiger partial charge in [0.2, 0.25) is 15.9 Å². The second-order valence-electron chi connectivity index (χ2n) is 7.65. The first kappa shape index (κ1) is 22.0. The molecular weight excluding hydrogens is 394 g/mol. The number of carbonyl (C=O) groups excluding carboxylic acids is 1. The molecule has 2 N–H and O–H groups in total. The molecular formula is C20H31N3O5S. The van der Waals surface area contributed by atoms with Crippen molar-refractivity contribution in [2.75, 3.05) is 52.5 Å². The number of ether oxygens (including phenoxy) is 2. The molecule has 0 aliphatic carbocycles. The van der Waals surface area contributed by atoms with Gasteiger partial charge in [0.15, 0.2) is 0 Å². The van der Waals surface area contributed by atoms with Gasteiger partial charge in [0.1, 0.15) is 12.4 Å². The molecule has 9 heteroatoms. The zero-order chi connectivity index (χ0) is 20.7. The number of benzene rings is 1. The summed E-state index contributed by atoms with van der Waals surface area (Å²) in [5.41, 5.74) is 5.25. The highest BCUT2D eigenvalue weighted by molar-refractivity contribution is 7.89. The Balaban J connectivity index is 1.45. The van der Waals surface area contributed by atoms with Crippen molar-refractivity contribution in [2.45, 2.75) is 30.6 Å². The second kappa shape index (κ2) is 10.4. The van der Waals surface area contributed by atoms with Crippen LogP contribution < -0.4 is 10.5 Å². The summed E-state index contributed by atoms with van der Waals surface area (Å²) in [6.07, 6.45) is 3.57. The fourth-order valence-electron chi connectivity index (χ4n) is 3.87. The number of sulfonamides is 1. The van der Waals surface area contributed by atoms with Crippen LogP contribution in [0.4, 0.5) is 0 Å². The highest BCUT2D eigenvalue weighted by atomic mass is 32.2. The summed E-state index contributed by atoms with van der Waals surface area (Å²) < 4.78 is 37.8. The normalized spacial score (nSPS) is 21.7. The van der Waals surface area contributed by atoms with E-state index in [1.807, 2.05) is 0 Å². The van der Waals surface area contributed by atoms with E-state index in [1.165, 1.54) is 4.31 Å². The number of morpholine rings is 1. The van der Waals surface area contributed by atoms with Crippen LogP contribution in [0.15, 0.2) is 29.2 Å². The summed E-state index contributed by atoms with van der Waals surface area (Å²) in [7, 11) is -3.48. The molecule has 29 heavy (non-hydrogen) atoms. The van der Waals surface area contributed by atoms with Crippen LogP contribution in [0.25, 0.3) is 0 Å². The standard InChI is InChI=1S/C20H31N3O5S/c21-20(24)8-3-17-2-1-9-22(16-17)10-15-28-18-4-6-19(7-5-18)29(25,26)23-11-13-27-14-12-23/h4-7,17H,1-3,8-16H2,(H2,21,24). The highest BCUT2D eigenvalue weighted by Gasteiger charge is 2.26. The van der Waals surface area contributed by atoms with E-state index in [4.69, 9.17) is 15.2 Å². The van der Waals surface area contributed by atoms with Gasteiger partial charge in [0.05, 0.1) is 18.1 Å². The number of rotatable bonds is 9. The third-order valence-electron chi connectivity index (χ3n) is 5.51. The largest absolute Gasteiger partial charge is 0.492 e. The lowest BCUT2D eigenvalue weighted by Crippen LogP contribution is -2.40. The molecule has 0 spiro atoms. The predicted molar refractivity (Wildman–Crippen MR) is 109 cm³/mol. The maximum absolute atomic E-state index is 12.6. The minimum absolute atomic E-state index is 0.232. The van der Waals surface area contributed by atoms with Crippen LogP contribution >= 0.6 is 0 Å². The third-order valence-corrected chi connectivity index (χ3v) is 7.42. The van der Waals surface area contributed by atoms with Crippen LogP contribution in [-0.4, -0.2) is 76.1 Å². The molecule has 1 aromatic carbocycles. The summed E-state index contributed by atoms with van der Waals surface area (Å²) >= 11 is 0. The van der Waals surface area contributed by atoms with Crippen molar-refractivity contribution < 1.29 is 22.7 Å². The summed E-state index contributed by atoms with van der Waals surface area (Å²) in [5.74, 6) is 0.943. The van der Waals surface area contributed by atoms with Gasteiger partial charge in [-0.25, -0.2) is 8.42 Å². The van der Waals surface area contributed by atoms with E-state index >= 15 is 0 Å². The molecule has 0 aromatic heterocycles. The zero-order valence-corrected chi connectivity index (χ0v) is 17.6. The average Bonchev–Trinajstić information content (AvgIpc) is 2.74. The average molecular weight is 426 g/mol. The number of amides is 1. The Morgan fingerprint density at radius 3 is 2.59 bits per heavy atom. The van der Waals surface area contributed by atoms with Crippen LogP contribution in [0, 0.1) is 5.92 Å². The number of hydrogen-bond donors (Lipinski definition) is 1.